The molecule has 18 heavy (non-hydrogen) atoms. The number of nitrogens with one attached hydrogen (secondary N) is 1. The Morgan fingerprint density at radius 1 is 1.22 bits per heavy atom. The number of rotatable bonds is 5. The first-order valence-electron chi connectivity index (χ1n) is 5.83. The molecule has 1 unspecified atom stereocenters. The second-order valence-corrected chi connectivity index (χ2v) is 6.47. The molecule has 0 aliphatic carbocycles. The van der Waals surface area contributed by atoms with Crippen molar-refractivity contribution in [2.75, 3.05) is 0 Å². The summed E-state index contributed by atoms with van der Waals surface area (Å²) in [6.45, 7) is 5.78. The van der Waals surface area contributed by atoms with Crippen molar-refractivity contribution in [1.29, 1.82) is 5.26 Å². The summed E-state index contributed by atoms with van der Waals surface area (Å²) >= 11 is 0. The zero-order valence-electron chi connectivity index (χ0n) is 10.8. The van der Waals surface area contributed by atoms with Crippen LogP contribution < -0.4 is 4.72 Å². The number of hydrogen-bond donors (Lipinski definition) is 1. The third-order valence-electron chi connectivity index (χ3n) is 2.81. The SMILES string of the molecule is CC(C)C(C)NS(=O)(=O)Cc1ccc(C#N)cc1. The second-order valence-electron chi connectivity index (χ2n) is 4.72. The summed E-state index contributed by atoms with van der Waals surface area (Å²) in [7, 11) is -3.33. The molecule has 1 aromatic carbocycles. The van der Waals surface area contributed by atoms with Gasteiger partial charge in [-0.2, -0.15) is 5.26 Å². The van der Waals surface area contributed by atoms with Gasteiger partial charge < -0.3 is 0 Å². The van der Waals surface area contributed by atoms with Crippen LogP contribution in [0.2, 0.25) is 0 Å². The van der Waals surface area contributed by atoms with Crippen LogP contribution in [0.3, 0.4) is 0 Å². The van der Waals surface area contributed by atoms with Crippen molar-refractivity contribution in [3.05, 3.63) is 35.4 Å². The summed E-state index contributed by atoms with van der Waals surface area (Å²) in [4.78, 5) is 0. The van der Waals surface area contributed by atoms with E-state index in [1.54, 1.807) is 24.3 Å². The molecule has 1 aromatic rings. The van der Waals surface area contributed by atoms with E-state index >= 15 is 0 Å². The van der Waals surface area contributed by atoms with Gasteiger partial charge in [0.05, 0.1) is 17.4 Å². The molecular weight excluding hydrogens is 248 g/mol. The van der Waals surface area contributed by atoms with Gasteiger partial charge in [-0.1, -0.05) is 26.0 Å². The molecule has 0 amide bonds. The van der Waals surface area contributed by atoms with Crippen molar-refractivity contribution < 1.29 is 8.42 Å². The summed E-state index contributed by atoms with van der Waals surface area (Å²) in [5.74, 6) is 0.191. The normalized spacial score (nSPS) is 13.3. The molecule has 1 rings (SSSR count). The monoisotopic (exact) mass is 266 g/mol. The van der Waals surface area contributed by atoms with Gasteiger partial charge >= 0.3 is 0 Å². The predicted molar refractivity (Wildman–Crippen MR) is 71.2 cm³/mol. The minimum absolute atomic E-state index is 0.0598. The minimum atomic E-state index is -3.33. The van der Waals surface area contributed by atoms with Crippen LogP contribution in [0.5, 0.6) is 0 Å². The van der Waals surface area contributed by atoms with E-state index in [1.165, 1.54) is 0 Å². The first-order chi connectivity index (χ1) is 8.34. The van der Waals surface area contributed by atoms with Crippen molar-refractivity contribution in [1.82, 2.24) is 4.72 Å². The number of benzene rings is 1. The highest BCUT2D eigenvalue weighted by atomic mass is 32.2. The molecule has 0 bridgehead atoms. The molecule has 0 spiro atoms. The highest BCUT2D eigenvalue weighted by molar-refractivity contribution is 7.88. The first kappa shape index (κ1) is 14.7. The molecular formula is C13H18N2O2S. The quantitative estimate of drug-likeness (QED) is 0.886. The van der Waals surface area contributed by atoms with E-state index in [1.807, 2.05) is 26.8 Å². The lowest BCUT2D eigenvalue weighted by molar-refractivity contribution is 0.476. The Kier molecular flexibility index (Phi) is 4.88. The maximum atomic E-state index is 11.9. The molecule has 0 aromatic heterocycles. The van der Waals surface area contributed by atoms with Crippen LogP contribution in [0.1, 0.15) is 31.9 Å². The van der Waals surface area contributed by atoms with Gasteiger partial charge in [0, 0.05) is 6.04 Å². The van der Waals surface area contributed by atoms with Crippen LogP contribution in [-0.4, -0.2) is 14.5 Å². The fourth-order valence-corrected chi connectivity index (χ4v) is 2.91. The van der Waals surface area contributed by atoms with Crippen LogP contribution in [0, 0.1) is 17.2 Å². The fraction of sp³-hybridized carbons (Fsp3) is 0.462. The Morgan fingerprint density at radius 3 is 2.22 bits per heavy atom. The summed E-state index contributed by atoms with van der Waals surface area (Å²) in [6, 6.07) is 8.48. The molecule has 0 fully saturated rings. The van der Waals surface area contributed by atoms with Gasteiger partial charge in [-0.25, -0.2) is 13.1 Å². The fourth-order valence-electron chi connectivity index (χ4n) is 1.36. The smallest absolute Gasteiger partial charge is 0.212 e. The van der Waals surface area contributed by atoms with Gasteiger partial charge in [-0.3, -0.25) is 0 Å². The van der Waals surface area contributed by atoms with Gasteiger partial charge in [0.25, 0.3) is 0 Å². The molecule has 0 aliphatic heterocycles. The Labute approximate surface area is 109 Å². The third kappa shape index (κ3) is 4.47. The molecule has 0 saturated carbocycles. The average Bonchev–Trinajstić information content (AvgIpc) is 2.28. The van der Waals surface area contributed by atoms with Crippen LogP contribution in [0.25, 0.3) is 0 Å². The van der Waals surface area contributed by atoms with E-state index in [0.717, 1.165) is 0 Å². The van der Waals surface area contributed by atoms with Crippen molar-refractivity contribution in [3.63, 3.8) is 0 Å². The Hall–Kier alpha value is -1.38. The maximum Gasteiger partial charge on any atom is 0.216 e. The average molecular weight is 266 g/mol. The van der Waals surface area contributed by atoms with E-state index in [4.69, 9.17) is 5.26 Å². The zero-order chi connectivity index (χ0) is 13.8. The Bertz CT molecular complexity index is 527. The lowest BCUT2D eigenvalue weighted by atomic mass is 10.1. The van der Waals surface area contributed by atoms with Gasteiger partial charge in [0.1, 0.15) is 0 Å². The summed E-state index contributed by atoms with van der Waals surface area (Å²) in [5.41, 5.74) is 1.21. The number of hydrogen-bond acceptors (Lipinski definition) is 3. The molecule has 1 N–H and O–H groups in total. The zero-order valence-corrected chi connectivity index (χ0v) is 11.7. The van der Waals surface area contributed by atoms with Gasteiger partial charge in [0.2, 0.25) is 10.0 Å². The number of sulfonamides is 1. The van der Waals surface area contributed by atoms with Crippen LogP contribution in [0.4, 0.5) is 0 Å². The minimum Gasteiger partial charge on any atom is -0.212 e. The molecule has 5 heteroatoms. The lowest BCUT2D eigenvalue weighted by Crippen LogP contribution is -2.36. The van der Waals surface area contributed by atoms with Crippen molar-refractivity contribution in [2.24, 2.45) is 5.92 Å². The first-order valence-corrected chi connectivity index (χ1v) is 7.48. The largest absolute Gasteiger partial charge is 0.216 e. The molecule has 4 nitrogen and oxygen atoms in total. The van der Waals surface area contributed by atoms with Crippen LogP contribution in [-0.2, 0) is 15.8 Å². The lowest BCUT2D eigenvalue weighted by Gasteiger charge is -2.17. The molecule has 0 aliphatic rings. The maximum absolute atomic E-state index is 11.9. The number of nitrogens with zero attached hydrogens (tertiary/aromatic N) is 1. The van der Waals surface area contributed by atoms with Gasteiger partial charge in [0.15, 0.2) is 0 Å². The van der Waals surface area contributed by atoms with E-state index in [-0.39, 0.29) is 17.7 Å². The Balaban J connectivity index is 2.74. The van der Waals surface area contributed by atoms with Crippen LogP contribution >= 0.6 is 0 Å². The third-order valence-corrected chi connectivity index (χ3v) is 4.25. The predicted octanol–water partition coefficient (Wildman–Crippen LogP) is 2.02. The van der Waals surface area contributed by atoms with E-state index in [2.05, 4.69) is 4.72 Å². The van der Waals surface area contributed by atoms with Crippen molar-refractivity contribution in [3.8, 4) is 6.07 Å². The van der Waals surface area contributed by atoms with E-state index in [0.29, 0.717) is 11.1 Å². The van der Waals surface area contributed by atoms with Gasteiger partial charge in [-0.15, -0.1) is 0 Å². The highest BCUT2D eigenvalue weighted by Crippen LogP contribution is 2.09. The molecule has 0 heterocycles. The molecule has 0 radical (unpaired) electrons. The Morgan fingerprint density at radius 2 is 1.78 bits per heavy atom. The molecule has 98 valence electrons. The molecule has 0 saturated heterocycles. The number of nitriles is 1. The van der Waals surface area contributed by atoms with E-state index in [9.17, 15) is 8.42 Å². The second kappa shape index (κ2) is 5.98. The summed E-state index contributed by atoms with van der Waals surface area (Å²) in [6.07, 6.45) is 0. The standard InChI is InChI=1S/C13H18N2O2S/c1-10(2)11(3)15-18(16,17)9-13-6-4-12(8-14)5-7-13/h4-7,10-11,15H,9H2,1-3H3. The van der Waals surface area contributed by atoms with Crippen molar-refractivity contribution in [2.45, 2.75) is 32.6 Å². The molecule has 1 atom stereocenters. The van der Waals surface area contributed by atoms with Gasteiger partial charge in [-0.05, 0) is 30.5 Å². The topological polar surface area (TPSA) is 70.0 Å². The summed E-state index contributed by atoms with van der Waals surface area (Å²) in [5, 5.41) is 8.66. The van der Waals surface area contributed by atoms with Crippen molar-refractivity contribution >= 4 is 10.0 Å². The van der Waals surface area contributed by atoms with E-state index < -0.39 is 10.0 Å². The highest BCUT2D eigenvalue weighted by Gasteiger charge is 2.17. The van der Waals surface area contributed by atoms with Crippen LogP contribution in [0.15, 0.2) is 24.3 Å². The summed E-state index contributed by atoms with van der Waals surface area (Å²) < 4.78 is 26.4.